The van der Waals surface area contributed by atoms with Crippen molar-refractivity contribution in [2.75, 3.05) is 50.7 Å². The first-order chi connectivity index (χ1) is 18.7. The van der Waals surface area contributed by atoms with Crippen LogP contribution in [0.3, 0.4) is 0 Å². The molecule has 3 aliphatic heterocycles. The lowest BCUT2D eigenvalue weighted by molar-refractivity contribution is -0.202. The number of amides is 2. The molecule has 3 atom stereocenters. The molecule has 14 heteroatoms. The molecule has 3 aliphatic rings. The van der Waals surface area contributed by atoms with Gasteiger partial charge in [0.1, 0.15) is 0 Å². The summed E-state index contributed by atoms with van der Waals surface area (Å²) in [5.74, 6) is -2.62. The Morgan fingerprint density at radius 3 is 2.56 bits per heavy atom. The van der Waals surface area contributed by atoms with Gasteiger partial charge in [0, 0.05) is 70.9 Å². The van der Waals surface area contributed by atoms with Crippen molar-refractivity contribution in [3.05, 3.63) is 52.8 Å². The van der Waals surface area contributed by atoms with Crippen LogP contribution in [0.4, 0.5) is 19.1 Å². The summed E-state index contributed by atoms with van der Waals surface area (Å²) in [5, 5.41) is 3.74. The molecule has 2 fully saturated rings. The maximum Gasteiger partial charge on any atom is 0.402 e. The van der Waals surface area contributed by atoms with Gasteiger partial charge in [0.25, 0.3) is 0 Å². The van der Waals surface area contributed by atoms with Crippen molar-refractivity contribution in [1.29, 1.82) is 0 Å². The number of carbonyl (C=O) groups excluding carboxylic acids is 2. The second-order valence-electron chi connectivity index (χ2n) is 9.87. The largest absolute Gasteiger partial charge is 0.402 e. The van der Waals surface area contributed by atoms with E-state index in [-0.39, 0.29) is 24.9 Å². The third-order valence-electron chi connectivity index (χ3n) is 7.51. The lowest BCUT2D eigenvalue weighted by Crippen LogP contribution is -2.64. The molecule has 1 aromatic heterocycles. The van der Waals surface area contributed by atoms with Gasteiger partial charge in [-0.2, -0.15) is 13.2 Å². The molecule has 0 radical (unpaired) electrons. The van der Waals surface area contributed by atoms with Crippen LogP contribution < -0.4 is 21.1 Å². The molecule has 2 amide bonds. The Kier molecular flexibility index (Phi) is 8.21. The Bertz CT molecular complexity index is 1180. The van der Waals surface area contributed by atoms with Crippen molar-refractivity contribution in [2.24, 2.45) is 5.92 Å². The lowest BCUT2D eigenvalue weighted by Gasteiger charge is -2.41. The molecular weight excluding hydrogens is 537 g/mol. The highest BCUT2D eigenvalue weighted by Gasteiger charge is 2.54. The first-order valence-corrected chi connectivity index (χ1v) is 13.2. The fourth-order valence-electron chi connectivity index (χ4n) is 5.57. The molecule has 0 bridgehead atoms. The Balaban J connectivity index is 1.16. The molecule has 10 nitrogen and oxygen atoms in total. The van der Waals surface area contributed by atoms with Gasteiger partial charge >= 0.3 is 6.18 Å². The minimum absolute atomic E-state index is 0.00754. The number of benzene rings is 1. The maximum atomic E-state index is 13.9. The van der Waals surface area contributed by atoms with E-state index in [4.69, 9.17) is 11.6 Å². The number of hydrogen-bond donors (Lipinski definition) is 3. The number of alkyl halides is 3. The van der Waals surface area contributed by atoms with Gasteiger partial charge in [0.05, 0.1) is 17.4 Å². The number of fused-ring (bicyclic) bond motifs is 1. The highest BCUT2D eigenvalue weighted by molar-refractivity contribution is 6.30. The number of hydrogen-bond acceptors (Lipinski definition) is 8. The number of rotatable bonds is 7. The van der Waals surface area contributed by atoms with Gasteiger partial charge in [-0.1, -0.05) is 35.9 Å². The first kappa shape index (κ1) is 27.6. The number of carbonyl (C=O) groups is 2. The SMILES string of the molecule is O=C1NNCC(N2Cc3ccccc3[C@@H]2CNCCC(=O)N2CCN(c3ncc(Cl)cn3)CC2)C1C(F)(F)F. The van der Waals surface area contributed by atoms with E-state index in [0.29, 0.717) is 56.8 Å². The van der Waals surface area contributed by atoms with Crippen molar-refractivity contribution in [2.45, 2.75) is 31.2 Å². The average molecular weight is 567 g/mol. The third-order valence-corrected chi connectivity index (χ3v) is 7.71. The van der Waals surface area contributed by atoms with Crippen LogP contribution in [0.5, 0.6) is 0 Å². The van der Waals surface area contributed by atoms with Crippen LogP contribution in [-0.4, -0.2) is 89.6 Å². The van der Waals surface area contributed by atoms with Crippen LogP contribution in [-0.2, 0) is 16.1 Å². The van der Waals surface area contributed by atoms with Crippen LogP contribution in [0.25, 0.3) is 0 Å². The highest BCUT2D eigenvalue weighted by Crippen LogP contribution is 2.40. The molecule has 2 saturated heterocycles. The molecule has 0 spiro atoms. The summed E-state index contributed by atoms with van der Waals surface area (Å²) in [7, 11) is 0. The fraction of sp³-hybridized carbons (Fsp3) is 0.520. The van der Waals surface area contributed by atoms with Crippen LogP contribution in [0.15, 0.2) is 36.7 Å². The number of nitrogens with zero attached hydrogens (tertiary/aromatic N) is 5. The van der Waals surface area contributed by atoms with Gasteiger partial charge < -0.3 is 15.1 Å². The normalized spacial score (nSPS) is 24.0. The fourth-order valence-corrected chi connectivity index (χ4v) is 5.67. The van der Waals surface area contributed by atoms with Crippen molar-refractivity contribution < 1.29 is 22.8 Å². The zero-order chi connectivity index (χ0) is 27.6. The zero-order valence-electron chi connectivity index (χ0n) is 21.1. The smallest absolute Gasteiger partial charge is 0.339 e. The summed E-state index contributed by atoms with van der Waals surface area (Å²) < 4.78 is 41.6. The summed E-state index contributed by atoms with van der Waals surface area (Å²) in [5.41, 5.74) is 6.62. The first-order valence-electron chi connectivity index (χ1n) is 12.9. The molecule has 0 aliphatic carbocycles. The molecular formula is C25H30ClF3N8O2. The summed E-state index contributed by atoms with van der Waals surface area (Å²) in [6, 6.07) is 6.12. The van der Waals surface area contributed by atoms with Crippen molar-refractivity contribution in [3.8, 4) is 0 Å². The van der Waals surface area contributed by atoms with E-state index in [0.717, 1.165) is 11.1 Å². The monoisotopic (exact) mass is 566 g/mol. The molecule has 2 aromatic rings. The van der Waals surface area contributed by atoms with Gasteiger partial charge in [0.15, 0.2) is 5.92 Å². The van der Waals surface area contributed by atoms with E-state index in [9.17, 15) is 22.8 Å². The minimum atomic E-state index is -4.67. The van der Waals surface area contributed by atoms with E-state index >= 15 is 0 Å². The Morgan fingerprint density at radius 2 is 1.85 bits per heavy atom. The predicted molar refractivity (Wildman–Crippen MR) is 138 cm³/mol. The number of aromatic nitrogens is 2. The van der Waals surface area contributed by atoms with E-state index < -0.39 is 24.0 Å². The standard InChI is InChI=1S/C25H30ClF3N8O2/c26-17-11-31-24(32-12-17)36-9-7-35(8-10-36)21(38)5-6-30-13-19-18-4-2-1-3-16(18)15-37(19)20-14-33-34-23(39)22(20)25(27,28)29/h1-4,11-12,19-20,22,30,33H,5-10,13-15H2,(H,34,39)/t19-,20?,22?/m0/s1. The van der Waals surface area contributed by atoms with Gasteiger partial charge in [-0.05, 0) is 11.1 Å². The third kappa shape index (κ3) is 6.11. The van der Waals surface area contributed by atoms with E-state index in [2.05, 4.69) is 26.1 Å². The van der Waals surface area contributed by atoms with Gasteiger partial charge in [0.2, 0.25) is 17.8 Å². The Morgan fingerprint density at radius 1 is 1.13 bits per heavy atom. The molecule has 2 unspecified atom stereocenters. The number of nitrogens with one attached hydrogen (secondary N) is 3. The van der Waals surface area contributed by atoms with Gasteiger partial charge in [-0.15, -0.1) is 0 Å². The van der Waals surface area contributed by atoms with Crippen molar-refractivity contribution in [3.63, 3.8) is 0 Å². The second-order valence-corrected chi connectivity index (χ2v) is 10.3. The summed E-state index contributed by atoms with van der Waals surface area (Å²) in [4.78, 5) is 39.0. The molecule has 4 heterocycles. The lowest BCUT2D eigenvalue weighted by atomic mass is 9.94. The quantitative estimate of drug-likeness (QED) is 0.433. The Hall–Kier alpha value is -3.00. The molecule has 1 aromatic carbocycles. The van der Waals surface area contributed by atoms with Crippen molar-refractivity contribution >= 4 is 29.4 Å². The second kappa shape index (κ2) is 11.6. The van der Waals surface area contributed by atoms with E-state index in [1.54, 1.807) is 22.2 Å². The summed E-state index contributed by atoms with van der Waals surface area (Å²) >= 11 is 5.85. The predicted octanol–water partition coefficient (Wildman–Crippen LogP) is 1.50. The minimum Gasteiger partial charge on any atom is -0.339 e. The van der Waals surface area contributed by atoms with E-state index in [1.165, 1.54) is 0 Å². The average Bonchev–Trinajstić information content (AvgIpc) is 3.29. The molecule has 0 saturated carbocycles. The summed E-state index contributed by atoms with van der Waals surface area (Å²) in [6.07, 6.45) is -1.32. The topological polar surface area (TPSA) is 106 Å². The molecule has 3 N–H and O–H groups in total. The van der Waals surface area contributed by atoms with Crippen LogP contribution in [0, 0.1) is 5.92 Å². The van der Waals surface area contributed by atoms with E-state index in [1.807, 2.05) is 29.2 Å². The van der Waals surface area contributed by atoms with Gasteiger partial charge in [-0.3, -0.25) is 19.9 Å². The van der Waals surface area contributed by atoms with Crippen LogP contribution in [0.2, 0.25) is 5.02 Å². The number of anilines is 1. The highest BCUT2D eigenvalue weighted by atomic mass is 35.5. The molecule has 39 heavy (non-hydrogen) atoms. The van der Waals surface area contributed by atoms with Crippen LogP contribution >= 0.6 is 11.6 Å². The number of halogens is 4. The van der Waals surface area contributed by atoms with Crippen molar-refractivity contribution in [1.82, 2.24) is 35.9 Å². The zero-order valence-corrected chi connectivity index (χ0v) is 21.9. The number of hydrazine groups is 1. The summed E-state index contributed by atoms with van der Waals surface area (Å²) in [6.45, 7) is 3.35. The maximum absolute atomic E-state index is 13.9. The molecule has 210 valence electrons. The van der Waals surface area contributed by atoms with Crippen LogP contribution in [0.1, 0.15) is 23.6 Å². The van der Waals surface area contributed by atoms with Gasteiger partial charge in [-0.25, -0.2) is 15.4 Å². The number of piperazine rings is 1. The molecule has 5 rings (SSSR count). The Labute approximate surface area is 228 Å².